The van der Waals surface area contributed by atoms with E-state index in [9.17, 15) is 9.90 Å². The number of aromatic hydroxyl groups is 1. The lowest BCUT2D eigenvalue weighted by Gasteiger charge is -1.94. The minimum atomic E-state index is -0.185. The van der Waals surface area contributed by atoms with Gasteiger partial charge in [-0.05, 0) is 31.2 Å². The lowest BCUT2D eigenvalue weighted by Crippen LogP contribution is -1.89. The normalized spacial score (nSPS) is 11.3. The van der Waals surface area contributed by atoms with Gasteiger partial charge in [0.25, 0.3) is 0 Å². The van der Waals surface area contributed by atoms with E-state index in [4.69, 9.17) is 0 Å². The summed E-state index contributed by atoms with van der Waals surface area (Å²) >= 11 is 0. The first-order chi connectivity index (χ1) is 10.6. The van der Waals surface area contributed by atoms with Crippen molar-refractivity contribution in [1.82, 2.24) is 19.9 Å². The van der Waals surface area contributed by atoms with Gasteiger partial charge in [-0.2, -0.15) is 0 Å². The van der Waals surface area contributed by atoms with E-state index < -0.39 is 0 Å². The highest BCUT2D eigenvalue weighted by Gasteiger charge is 2.16. The Morgan fingerprint density at radius 3 is 2.82 bits per heavy atom. The summed E-state index contributed by atoms with van der Waals surface area (Å²) in [7, 11) is 0. The molecule has 4 rings (SSSR count). The molecular formula is C16H12N4O2. The van der Waals surface area contributed by atoms with Crippen LogP contribution in [0.25, 0.3) is 33.3 Å². The molecule has 3 aromatic heterocycles. The molecule has 4 aromatic rings. The Labute approximate surface area is 124 Å². The van der Waals surface area contributed by atoms with Crippen LogP contribution in [0.4, 0.5) is 0 Å². The van der Waals surface area contributed by atoms with Crippen molar-refractivity contribution in [2.24, 2.45) is 0 Å². The number of ketones is 1. The topological polar surface area (TPSA) is 94.7 Å². The van der Waals surface area contributed by atoms with E-state index in [1.165, 1.54) is 6.92 Å². The highest BCUT2D eigenvalue weighted by atomic mass is 16.3. The fourth-order valence-electron chi connectivity index (χ4n) is 2.68. The van der Waals surface area contributed by atoms with E-state index in [0.29, 0.717) is 22.3 Å². The lowest BCUT2D eigenvalue weighted by molar-refractivity contribution is 0.101. The van der Waals surface area contributed by atoms with Crippen LogP contribution in [0.1, 0.15) is 17.3 Å². The van der Waals surface area contributed by atoms with Gasteiger partial charge < -0.3 is 15.1 Å². The summed E-state index contributed by atoms with van der Waals surface area (Å²) in [6, 6.07) is 7.40. The van der Waals surface area contributed by atoms with Gasteiger partial charge in [-0.15, -0.1) is 0 Å². The van der Waals surface area contributed by atoms with Crippen molar-refractivity contribution < 1.29 is 9.90 Å². The van der Waals surface area contributed by atoms with Crippen LogP contribution in [-0.2, 0) is 0 Å². The number of benzene rings is 1. The summed E-state index contributed by atoms with van der Waals surface area (Å²) < 4.78 is 0. The SMILES string of the molecule is CC(=O)c1c(O)[nH]c2cc3nc(-c4cccnc4)[nH]c3cc12. The Balaban J connectivity index is 1.98. The van der Waals surface area contributed by atoms with Gasteiger partial charge in [0.1, 0.15) is 5.82 Å². The molecule has 0 aliphatic carbocycles. The largest absolute Gasteiger partial charge is 0.494 e. The second-order valence-electron chi connectivity index (χ2n) is 5.15. The third kappa shape index (κ3) is 1.77. The number of carbonyl (C=O) groups is 1. The number of imidazole rings is 1. The van der Waals surface area contributed by atoms with Crippen LogP contribution in [0.5, 0.6) is 5.88 Å². The molecule has 1 aromatic carbocycles. The van der Waals surface area contributed by atoms with Crippen molar-refractivity contribution in [2.75, 3.05) is 0 Å². The zero-order valence-corrected chi connectivity index (χ0v) is 11.7. The number of aromatic nitrogens is 4. The summed E-state index contributed by atoms with van der Waals surface area (Å²) in [6.45, 7) is 1.43. The zero-order chi connectivity index (χ0) is 15.3. The Bertz CT molecular complexity index is 1010. The van der Waals surface area contributed by atoms with Crippen molar-refractivity contribution in [3.63, 3.8) is 0 Å². The minimum Gasteiger partial charge on any atom is -0.494 e. The predicted molar refractivity (Wildman–Crippen MR) is 82.9 cm³/mol. The van der Waals surface area contributed by atoms with E-state index in [2.05, 4.69) is 19.9 Å². The molecule has 0 aliphatic heterocycles. The maximum atomic E-state index is 11.7. The van der Waals surface area contributed by atoms with E-state index in [1.807, 2.05) is 24.3 Å². The van der Waals surface area contributed by atoms with Crippen molar-refractivity contribution in [3.05, 3.63) is 42.2 Å². The number of rotatable bonds is 2. The molecule has 0 saturated heterocycles. The third-order valence-corrected chi connectivity index (χ3v) is 3.67. The van der Waals surface area contributed by atoms with Gasteiger partial charge in [-0.3, -0.25) is 9.78 Å². The second kappa shape index (κ2) is 4.42. The molecule has 3 heterocycles. The monoisotopic (exact) mass is 292 g/mol. The Hall–Kier alpha value is -3.15. The summed E-state index contributed by atoms with van der Waals surface area (Å²) in [5, 5.41) is 10.5. The fourth-order valence-corrected chi connectivity index (χ4v) is 2.68. The standard InChI is InChI=1S/C16H12N4O2/c1-8(21)14-10-5-12-13(6-11(10)20-16(14)22)19-15(18-12)9-3-2-4-17-7-9/h2-7,20,22H,1H3,(H,18,19). The van der Waals surface area contributed by atoms with Crippen LogP contribution in [0.15, 0.2) is 36.7 Å². The van der Waals surface area contributed by atoms with Crippen LogP contribution in [0.3, 0.4) is 0 Å². The first kappa shape index (κ1) is 12.6. The number of H-pyrrole nitrogens is 2. The molecule has 0 saturated carbocycles. The number of aromatic amines is 2. The Kier molecular flexibility index (Phi) is 2.53. The first-order valence-corrected chi connectivity index (χ1v) is 6.79. The van der Waals surface area contributed by atoms with Crippen molar-refractivity contribution in [2.45, 2.75) is 6.92 Å². The number of carbonyl (C=O) groups excluding carboxylic acids is 1. The van der Waals surface area contributed by atoms with E-state index in [-0.39, 0.29) is 11.7 Å². The Morgan fingerprint density at radius 1 is 1.23 bits per heavy atom. The quantitative estimate of drug-likeness (QED) is 0.495. The summed E-state index contributed by atoms with van der Waals surface area (Å²) in [6.07, 6.45) is 3.44. The Morgan fingerprint density at radius 2 is 2.09 bits per heavy atom. The van der Waals surface area contributed by atoms with Crippen molar-refractivity contribution >= 4 is 27.7 Å². The molecule has 0 bridgehead atoms. The van der Waals surface area contributed by atoms with Crippen molar-refractivity contribution in [3.8, 4) is 17.3 Å². The average molecular weight is 292 g/mol. The molecular weight excluding hydrogens is 280 g/mol. The van der Waals surface area contributed by atoms with Crippen LogP contribution >= 0.6 is 0 Å². The molecule has 0 amide bonds. The highest BCUT2D eigenvalue weighted by Crippen LogP contribution is 2.31. The molecule has 6 heteroatoms. The summed E-state index contributed by atoms with van der Waals surface area (Å²) in [4.78, 5) is 26.3. The van der Waals surface area contributed by atoms with Gasteiger partial charge >= 0.3 is 0 Å². The zero-order valence-electron chi connectivity index (χ0n) is 11.7. The molecule has 108 valence electrons. The van der Waals surface area contributed by atoms with Gasteiger partial charge in [-0.1, -0.05) is 0 Å². The molecule has 3 N–H and O–H groups in total. The van der Waals surface area contributed by atoms with Gasteiger partial charge in [0.05, 0.1) is 22.1 Å². The molecule has 0 spiro atoms. The third-order valence-electron chi connectivity index (χ3n) is 3.67. The van der Waals surface area contributed by atoms with E-state index >= 15 is 0 Å². The molecule has 0 aliphatic rings. The van der Waals surface area contributed by atoms with Crippen LogP contribution in [0, 0.1) is 0 Å². The van der Waals surface area contributed by atoms with Gasteiger partial charge in [0.15, 0.2) is 5.78 Å². The molecule has 0 radical (unpaired) electrons. The van der Waals surface area contributed by atoms with Crippen LogP contribution in [-0.4, -0.2) is 30.8 Å². The van der Waals surface area contributed by atoms with Gasteiger partial charge in [0, 0.05) is 23.3 Å². The van der Waals surface area contributed by atoms with Crippen molar-refractivity contribution in [1.29, 1.82) is 0 Å². The molecule has 6 nitrogen and oxygen atoms in total. The maximum Gasteiger partial charge on any atom is 0.200 e. The van der Waals surface area contributed by atoms with E-state index in [1.54, 1.807) is 12.4 Å². The summed E-state index contributed by atoms with van der Waals surface area (Å²) in [5.74, 6) is 0.419. The van der Waals surface area contributed by atoms with Gasteiger partial charge in [0.2, 0.25) is 5.88 Å². The molecule has 0 atom stereocenters. The number of pyridine rings is 1. The second-order valence-corrected chi connectivity index (χ2v) is 5.15. The predicted octanol–water partition coefficient (Wildman–Crippen LogP) is 3.01. The number of Topliss-reactive ketones (excluding diaryl/α,β-unsaturated/α-hetero) is 1. The number of hydrogen-bond donors (Lipinski definition) is 3. The van der Waals surface area contributed by atoms with Crippen LogP contribution in [0.2, 0.25) is 0 Å². The molecule has 0 fully saturated rings. The summed E-state index contributed by atoms with van der Waals surface area (Å²) in [5.41, 5.74) is 3.42. The highest BCUT2D eigenvalue weighted by molar-refractivity contribution is 6.11. The smallest absolute Gasteiger partial charge is 0.200 e. The molecule has 22 heavy (non-hydrogen) atoms. The lowest BCUT2D eigenvalue weighted by atomic mass is 10.1. The van der Waals surface area contributed by atoms with Gasteiger partial charge in [-0.25, -0.2) is 4.98 Å². The maximum absolute atomic E-state index is 11.7. The average Bonchev–Trinajstić information content (AvgIpc) is 3.04. The number of nitrogens with one attached hydrogen (secondary N) is 2. The first-order valence-electron chi connectivity index (χ1n) is 6.79. The van der Waals surface area contributed by atoms with Crippen LogP contribution < -0.4 is 0 Å². The molecule has 0 unspecified atom stereocenters. The minimum absolute atomic E-state index is 0.109. The fraction of sp³-hybridized carbons (Fsp3) is 0.0625. The number of hydrogen-bond acceptors (Lipinski definition) is 4. The number of nitrogens with zero attached hydrogens (tertiary/aromatic N) is 2. The number of fused-ring (bicyclic) bond motifs is 2. The van der Waals surface area contributed by atoms with E-state index in [0.717, 1.165) is 16.6 Å².